The van der Waals surface area contributed by atoms with Crippen LogP contribution in [0.15, 0.2) is 40.1 Å². The molecule has 3 rings (SSSR count). The molecule has 0 fully saturated rings. The SMILES string of the molecule is Cc1cnc2c(c1NC(=O)c1ccccc1[N+](=O)[O-])c(=O)n(C)c(=O)n2C. The van der Waals surface area contributed by atoms with Gasteiger partial charge in [0.1, 0.15) is 10.9 Å². The van der Waals surface area contributed by atoms with Crippen LogP contribution in [0, 0.1) is 17.0 Å². The molecule has 138 valence electrons. The third-order valence-electron chi connectivity index (χ3n) is 4.24. The average Bonchev–Trinajstić information content (AvgIpc) is 2.65. The molecule has 10 heteroatoms. The van der Waals surface area contributed by atoms with Crippen molar-refractivity contribution in [2.75, 3.05) is 5.32 Å². The van der Waals surface area contributed by atoms with Crippen LogP contribution >= 0.6 is 0 Å². The van der Waals surface area contributed by atoms with Gasteiger partial charge < -0.3 is 5.32 Å². The van der Waals surface area contributed by atoms with Gasteiger partial charge in [0.2, 0.25) is 0 Å². The van der Waals surface area contributed by atoms with Gasteiger partial charge in [0.05, 0.1) is 10.6 Å². The molecule has 2 heterocycles. The van der Waals surface area contributed by atoms with E-state index in [0.717, 1.165) is 4.57 Å². The number of hydrogen-bond donors (Lipinski definition) is 1. The van der Waals surface area contributed by atoms with Gasteiger partial charge in [-0.25, -0.2) is 9.78 Å². The molecule has 0 aliphatic heterocycles. The molecular formula is C17H15N5O5. The number of nitro groups is 1. The molecular weight excluding hydrogens is 354 g/mol. The molecule has 27 heavy (non-hydrogen) atoms. The Labute approximate surface area is 151 Å². The summed E-state index contributed by atoms with van der Waals surface area (Å²) in [6, 6.07) is 5.49. The average molecular weight is 369 g/mol. The lowest BCUT2D eigenvalue weighted by molar-refractivity contribution is -0.385. The van der Waals surface area contributed by atoms with E-state index in [-0.39, 0.29) is 28.0 Å². The summed E-state index contributed by atoms with van der Waals surface area (Å²) in [5.74, 6) is -0.742. The van der Waals surface area contributed by atoms with Crippen molar-refractivity contribution in [1.29, 1.82) is 0 Å². The highest BCUT2D eigenvalue weighted by atomic mass is 16.6. The van der Waals surface area contributed by atoms with Crippen molar-refractivity contribution in [1.82, 2.24) is 14.1 Å². The van der Waals surface area contributed by atoms with Gasteiger partial charge in [0, 0.05) is 26.4 Å². The predicted molar refractivity (Wildman–Crippen MR) is 98.0 cm³/mol. The lowest BCUT2D eigenvalue weighted by Crippen LogP contribution is -2.37. The number of amides is 1. The normalized spacial score (nSPS) is 10.8. The number of aryl methyl sites for hydroxylation is 2. The van der Waals surface area contributed by atoms with Crippen LogP contribution in [0.2, 0.25) is 0 Å². The smallest absolute Gasteiger partial charge is 0.321 e. The molecule has 0 bridgehead atoms. The van der Waals surface area contributed by atoms with Crippen LogP contribution in [0.3, 0.4) is 0 Å². The maximum Gasteiger partial charge on any atom is 0.332 e. The van der Waals surface area contributed by atoms with E-state index in [1.54, 1.807) is 6.92 Å². The van der Waals surface area contributed by atoms with Gasteiger partial charge in [-0.15, -0.1) is 0 Å². The number of anilines is 1. The quantitative estimate of drug-likeness (QED) is 0.544. The zero-order valence-electron chi connectivity index (χ0n) is 14.7. The van der Waals surface area contributed by atoms with Crippen LogP contribution in [0.25, 0.3) is 11.0 Å². The van der Waals surface area contributed by atoms with Crippen LogP contribution in [-0.2, 0) is 14.1 Å². The number of nitro benzene ring substituents is 1. The van der Waals surface area contributed by atoms with E-state index in [1.807, 2.05) is 0 Å². The summed E-state index contributed by atoms with van der Waals surface area (Å²) >= 11 is 0. The number of carbonyl (C=O) groups excluding carboxylic acids is 1. The molecule has 0 spiro atoms. The van der Waals surface area contributed by atoms with Gasteiger partial charge in [-0.1, -0.05) is 12.1 Å². The molecule has 0 aliphatic rings. The van der Waals surface area contributed by atoms with E-state index in [1.165, 1.54) is 49.1 Å². The number of hydrogen-bond acceptors (Lipinski definition) is 6. The third-order valence-corrected chi connectivity index (χ3v) is 4.24. The number of fused-ring (bicyclic) bond motifs is 1. The highest BCUT2D eigenvalue weighted by molar-refractivity contribution is 6.10. The number of aromatic nitrogens is 3. The van der Waals surface area contributed by atoms with Crippen LogP contribution in [-0.4, -0.2) is 24.9 Å². The van der Waals surface area contributed by atoms with Crippen LogP contribution in [0.5, 0.6) is 0 Å². The fraction of sp³-hybridized carbons (Fsp3) is 0.176. The first-order chi connectivity index (χ1) is 12.7. The van der Waals surface area contributed by atoms with Gasteiger partial charge in [-0.05, 0) is 18.6 Å². The predicted octanol–water partition coefficient (Wildman–Crippen LogP) is 1.10. The molecule has 1 aromatic carbocycles. The number of nitrogens with one attached hydrogen (secondary N) is 1. The fourth-order valence-corrected chi connectivity index (χ4v) is 2.79. The Bertz CT molecular complexity index is 1220. The van der Waals surface area contributed by atoms with Gasteiger partial charge in [-0.3, -0.25) is 28.8 Å². The Balaban J connectivity index is 2.23. The van der Waals surface area contributed by atoms with E-state index >= 15 is 0 Å². The van der Waals surface area contributed by atoms with Crippen LogP contribution in [0.4, 0.5) is 11.4 Å². The lowest BCUT2D eigenvalue weighted by Gasteiger charge is -2.13. The van der Waals surface area contributed by atoms with Crippen molar-refractivity contribution >= 4 is 28.3 Å². The number of nitrogens with zero attached hydrogens (tertiary/aromatic N) is 4. The maximum absolute atomic E-state index is 12.7. The summed E-state index contributed by atoms with van der Waals surface area (Å²) in [5, 5.41) is 13.8. The highest BCUT2D eigenvalue weighted by Gasteiger charge is 2.22. The van der Waals surface area contributed by atoms with Crippen LogP contribution < -0.4 is 16.6 Å². The standard InChI is InChI=1S/C17H15N5O5/c1-9-8-18-14-12(16(24)21(3)17(25)20(14)2)13(9)19-15(23)10-6-4-5-7-11(10)22(26)27/h4-8H,1-3H3,(H,18,19,23). The molecule has 10 nitrogen and oxygen atoms in total. The molecule has 0 radical (unpaired) electrons. The zero-order chi connectivity index (χ0) is 19.9. The minimum atomic E-state index is -0.742. The van der Waals surface area contributed by atoms with Crippen molar-refractivity contribution in [3.8, 4) is 0 Å². The minimum Gasteiger partial charge on any atom is -0.321 e. The highest BCUT2D eigenvalue weighted by Crippen LogP contribution is 2.24. The summed E-state index contributed by atoms with van der Waals surface area (Å²) < 4.78 is 2.10. The second-order valence-electron chi connectivity index (χ2n) is 5.95. The Morgan fingerprint density at radius 3 is 2.52 bits per heavy atom. The number of benzene rings is 1. The van der Waals surface area contributed by atoms with Gasteiger partial charge >= 0.3 is 5.69 Å². The van der Waals surface area contributed by atoms with E-state index in [2.05, 4.69) is 10.3 Å². The Kier molecular flexibility index (Phi) is 4.32. The number of rotatable bonds is 3. The second kappa shape index (κ2) is 6.48. The van der Waals surface area contributed by atoms with E-state index in [0.29, 0.717) is 5.56 Å². The van der Waals surface area contributed by atoms with Crippen molar-refractivity contribution in [3.63, 3.8) is 0 Å². The van der Waals surface area contributed by atoms with Crippen LogP contribution in [0.1, 0.15) is 15.9 Å². The van der Waals surface area contributed by atoms with Crippen molar-refractivity contribution in [2.24, 2.45) is 14.1 Å². The first-order valence-corrected chi connectivity index (χ1v) is 7.84. The summed E-state index contributed by atoms with van der Waals surface area (Å²) in [7, 11) is 2.78. The molecule has 1 amide bonds. The minimum absolute atomic E-state index is 0.0477. The Morgan fingerprint density at radius 2 is 1.85 bits per heavy atom. The Morgan fingerprint density at radius 1 is 1.19 bits per heavy atom. The number of para-hydroxylation sites is 1. The summed E-state index contributed by atoms with van der Waals surface area (Å²) in [6.45, 7) is 1.63. The molecule has 2 aromatic heterocycles. The zero-order valence-corrected chi connectivity index (χ0v) is 14.7. The van der Waals surface area contributed by atoms with Gasteiger partial charge in [0.15, 0.2) is 5.65 Å². The molecule has 3 aromatic rings. The van der Waals surface area contributed by atoms with Gasteiger partial charge in [0.25, 0.3) is 17.2 Å². The van der Waals surface area contributed by atoms with Crippen molar-refractivity contribution in [3.05, 3.63) is 72.5 Å². The number of pyridine rings is 1. The third kappa shape index (κ3) is 2.86. The topological polar surface area (TPSA) is 129 Å². The molecule has 1 N–H and O–H groups in total. The molecule has 0 aliphatic carbocycles. The summed E-state index contributed by atoms with van der Waals surface area (Å²) in [5.41, 5.74) is -0.946. The first-order valence-electron chi connectivity index (χ1n) is 7.84. The lowest BCUT2D eigenvalue weighted by atomic mass is 10.1. The van der Waals surface area contributed by atoms with Crippen molar-refractivity contribution < 1.29 is 9.72 Å². The van der Waals surface area contributed by atoms with E-state index in [9.17, 15) is 24.5 Å². The maximum atomic E-state index is 12.7. The fourth-order valence-electron chi connectivity index (χ4n) is 2.79. The van der Waals surface area contributed by atoms with E-state index < -0.39 is 22.1 Å². The monoisotopic (exact) mass is 369 g/mol. The molecule has 0 saturated heterocycles. The van der Waals surface area contributed by atoms with Gasteiger partial charge in [-0.2, -0.15) is 0 Å². The Hall–Kier alpha value is -3.82. The number of carbonyl (C=O) groups is 1. The second-order valence-corrected chi connectivity index (χ2v) is 5.95. The molecule has 0 atom stereocenters. The first kappa shape index (κ1) is 18.0. The largest absolute Gasteiger partial charge is 0.332 e. The molecule has 0 saturated carbocycles. The summed E-state index contributed by atoms with van der Waals surface area (Å²) in [4.78, 5) is 52.0. The summed E-state index contributed by atoms with van der Waals surface area (Å²) in [6.07, 6.45) is 1.41. The molecule has 0 unspecified atom stereocenters. The van der Waals surface area contributed by atoms with E-state index in [4.69, 9.17) is 0 Å². The van der Waals surface area contributed by atoms with Crippen molar-refractivity contribution in [2.45, 2.75) is 6.92 Å².